The quantitative estimate of drug-likeness (QED) is 0.164. The van der Waals surface area contributed by atoms with E-state index in [-0.39, 0.29) is 16.9 Å². The van der Waals surface area contributed by atoms with Crippen LogP contribution in [-0.2, 0) is 0 Å². The van der Waals surface area contributed by atoms with Gasteiger partial charge >= 0.3 is 0 Å². The summed E-state index contributed by atoms with van der Waals surface area (Å²) in [4.78, 5) is 1.19. The molecule has 0 amide bonds. The van der Waals surface area contributed by atoms with Crippen LogP contribution in [0.25, 0.3) is 66.1 Å². The number of anilines is 3. The Morgan fingerprint density at radius 1 is 0.333 bits per heavy atom. The van der Waals surface area contributed by atoms with Crippen LogP contribution in [0.1, 0.15) is 23.3 Å². The molecule has 1 heteroatoms. The molecule has 0 atom stereocenters. The third kappa shape index (κ3) is 5.96. The molecule has 0 fully saturated rings. The van der Waals surface area contributed by atoms with Gasteiger partial charge in [0.05, 0.1) is 23.3 Å². The third-order valence-corrected chi connectivity index (χ3v) is 8.56. The Kier molecular flexibility index (Phi) is 4.51. The van der Waals surface area contributed by atoms with Gasteiger partial charge < -0.3 is 4.90 Å². The van der Waals surface area contributed by atoms with Gasteiger partial charge in [-0.15, -0.1) is 0 Å². The molecule has 240 valence electrons. The van der Waals surface area contributed by atoms with E-state index in [9.17, 15) is 8.22 Å². The lowest BCUT2D eigenvalue weighted by Crippen LogP contribution is -2.10. The summed E-state index contributed by atoms with van der Waals surface area (Å²) in [6.45, 7) is 0. The molecule has 0 aliphatic rings. The smallest absolute Gasteiger partial charge is 0.0651 e. The van der Waals surface area contributed by atoms with Gasteiger partial charge in [-0.2, -0.15) is 0 Å². The van der Waals surface area contributed by atoms with Crippen LogP contribution in [0.5, 0.6) is 0 Å². The van der Waals surface area contributed by atoms with Crippen LogP contribution in [0.4, 0.5) is 17.1 Å². The molecule has 0 aromatic heterocycles. The van der Waals surface area contributed by atoms with Crippen LogP contribution >= 0.6 is 0 Å². The van der Waals surface area contributed by atoms with E-state index < -0.39 is 131 Å². The van der Waals surface area contributed by atoms with Gasteiger partial charge in [-0.1, -0.05) is 176 Å². The van der Waals surface area contributed by atoms with Crippen molar-refractivity contribution in [3.63, 3.8) is 0 Å². The Morgan fingerprint density at radius 3 is 1.49 bits per heavy atom. The summed E-state index contributed by atoms with van der Waals surface area (Å²) in [5.41, 5.74) is -1.40. The first kappa shape index (κ1) is 17.3. The van der Waals surface area contributed by atoms with Gasteiger partial charge in [0, 0.05) is 17.1 Å². The van der Waals surface area contributed by atoms with Gasteiger partial charge in [0.25, 0.3) is 0 Å². The average Bonchev–Trinajstić information content (AvgIpc) is 3.34. The van der Waals surface area contributed by atoms with E-state index in [1.807, 2.05) is 66.7 Å². The Labute approximate surface area is 323 Å². The normalized spacial score (nSPS) is 15.8. The first-order valence-electron chi connectivity index (χ1n) is 24.6. The third-order valence-electron chi connectivity index (χ3n) is 8.56. The van der Waals surface area contributed by atoms with Crippen molar-refractivity contribution in [1.29, 1.82) is 0 Å². The summed E-state index contributed by atoms with van der Waals surface area (Å²) >= 11 is 0. The molecule has 0 bridgehead atoms. The van der Waals surface area contributed by atoms with Gasteiger partial charge in [-0.05, 0) is 102 Å². The maximum atomic E-state index is 9.85. The van der Waals surface area contributed by atoms with Crippen LogP contribution in [0.3, 0.4) is 0 Å². The molecular formula is C50H35N. The highest BCUT2D eigenvalue weighted by Gasteiger charge is 2.16. The fraction of sp³-hybridized carbons (Fsp3) is 0. The van der Waals surface area contributed by atoms with Crippen molar-refractivity contribution in [3.05, 3.63) is 212 Å². The summed E-state index contributed by atoms with van der Waals surface area (Å²) in [7, 11) is 0. The second-order valence-corrected chi connectivity index (χ2v) is 11.6. The van der Waals surface area contributed by atoms with E-state index in [1.54, 1.807) is 42.5 Å². The molecule has 51 heavy (non-hydrogen) atoms. The number of benzene rings is 9. The zero-order valence-electron chi connectivity index (χ0n) is 43.8. The number of hydrogen-bond donors (Lipinski definition) is 0. The molecule has 9 aromatic carbocycles. The van der Waals surface area contributed by atoms with Gasteiger partial charge in [0.1, 0.15) is 0 Å². The minimum absolute atomic E-state index is 0.0252. The topological polar surface area (TPSA) is 3.24 Å². The van der Waals surface area contributed by atoms with E-state index >= 15 is 0 Å². The molecule has 0 aliphatic heterocycles. The van der Waals surface area contributed by atoms with E-state index in [1.165, 1.54) is 4.90 Å². The summed E-state index contributed by atoms with van der Waals surface area (Å²) in [6.07, 6.45) is 0. The molecule has 1 nitrogen and oxygen atoms in total. The van der Waals surface area contributed by atoms with Gasteiger partial charge in [-0.25, -0.2) is 0 Å². The van der Waals surface area contributed by atoms with Crippen molar-refractivity contribution in [2.75, 3.05) is 4.90 Å². The molecule has 0 spiro atoms. The molecule has 9 aromatic rings. The number of nitrogens with zero attached hydrogens (tertiary/aromatic N) is 1. The molecular weight excluding hydrogens is 615 g/mol. The molecule has 0 heterocycles. The highest BCUT2D eigenvalue weighted by atomic mass is 15.1. The highest BCUT2D eigenvalue weighted by Crippen LogP contribution is 2.41. The van der Waals surface area contributed by atoms with Crippen LogP contribution < -0.4 is 4.90 Å². The van der Waals surface area contributed by atoms with Crippen molar-refractivity contribution in [2.24, 2.45) is 0 Å². The number of rotatable bonds is 7. The zero-order valence-corrected chi connectivity index (χ0v) is 26.8. The minimum Gasteiger partial charge on any atom is -0.310 e. The van der Waals surface area contributed by atoms with Gasteiger partial charge in [-0.3, -0.25) is 0 Å². The fourth-order valence-electron chi connectivity index (χ4n) is 6.16. The monoisotopic (exact) mass is 666 g/mol. The van der Waals surface area contributed by atoms with Gasteiger partial charge in [0.2, 0.25) is 0 Å². The van der Waals surface area contributed by atoms with Crippen LogP contribution in [0.2, 0.25) is 0 Å². The predicted octanol–water partition coefficient (Wildman–Crippen LogP) is 14.1. The Morgan fingerprint density at radius 2 is 0.843 bits per heavy atom. The molecule has 0 radical (unpaired) electrons. The first-order chi connectivity index (χ1) is 32.4. The van der Waals surface area contributed by atoms with E-state index in [0.29, 0.717) is 16.5 Å². The lowest BCUT2D eigenvalue weighted by molar-refractivity contribution is 1.28. The van der Waals surface area contributed by atoms with Crippen molar-refractivity contribution >= 4 is 38.6 Å². The largest absolute Gasteiger partial charge is 0.310 e. The molecule has 9 rings (SSSR count). The summed E-state index contributed by atoms with van der Waals surface area (Å²) < 4.78 is 153. The van der Waals surface area contributed by atoms with Crippen molar-refractivity contribution < 1.29 is 23.3 Å². The second-order valence-electron chi connectivity index (χ2n) is 11.6. The summed E-state index contributed by atoms with van der Waals surface area (Å²) in [6, 6.07) is 20.2. The lowest BCUT2D eigenvalue weighted by atomic mass is 9.96. The maximum absolute atomic E-state index is 9.85. The van der Waals surface area contributed by atoms with Crippen molar-refractivity contribution in [3.8, 4) is 44.5 Å². The van der Waals surface area contributed by atoms with Crippen LogP contribution in [-0.4, -0.2) is 0 Å². The van der Waals surface area contributed by atoms with Crippen molar-refractivity contribution in [1.82, 2.24) is 0 Å². The van der Waals surface area contributed by atoms with Crippen LogP contribution in [0, 0.1) is 0 Å². The fourth-order valence-corrected chi connectivity index (χ4v) is 6.16. The standard InChI is InChI=1S/C50H35N/c1-2-12-36(13-3-1)37-26-28-38(29-27-37)39-30-32-44(33-31-39)51(45-20-8-18-42(34-45)49-24-10-16-40-14-4-6-22-47(40)49)46-21-9-19-43(35-46)50-25-11-17-41-15-5-7-23-48(41)50/h1-35H/i1D,2D,3D,8D,12D,13D,18D,20D,26D,27D,28D,29D,30D,31D,32D,33D,34D. The molecule has 0 unspecified atom stereocenters. The first-order valence-corrected chi connectivity index (χ1v) is 16.1. The summed E-state index contributed by atoms with van der Waals surface area (Å²) in [5, 5.41) is 3.25. The van der Waals surface area contributed by atoms with E-state index in [4.69, 9.17) is 15.1 Å². The summed E-state index contributed by atoms with van der Waals surface area (Å²) in [5.74, 6) is 0. The highest BCUT2D eigenvalue weighted by molar-refractivity contribution is 5.99. The number of hydrogen-bond acceptors (Lipinski definition) is 1. The molecule has 0 saturated heterocycles. The maximum Gasteiger partial charge on any atom is 0.0651 e. The second kappa shape index (κ2) is 13.3. The minimum atomic E-state index is -0.868. The Balaban J connectivity index is 1.35. The number of fused-ring (bicyclic) bond motifs is 2. The molecule has 0 aliphatic carbocycles. The Hall–Kier alpha value is -6.70. The molecule has 0 saturated carbocycles. The molecule has 0 N–H and O–H groups in total. The van der Waals surface area contributed by atoms with Crippen LogP contribution in [0.15, 0.2) is 212 Å². The lowest BCUT2D eigenvalue weighted by Gasteiger charge is -2.27. The van der Waals surface area contributed by atoms with E-state index in [0.717, 1.165) is 21.7 Å². The van der Waals surface area contributed by atoms with E-state index in [2.05, 4.69) is 0 Å². The SMILES string of the molecule is [2H]c1c([2H])c([2H])c(-c2c([2H])c([2H])c(-c3c([2H])c([2H])c(N(c4cccc(-c5cccc6ccccc56)c4)c4c([2H])c([2H])c([2H])c(-c5cccc6ccccc56)c4[2H])c([2H])c3[2H])c([2H])c2[2H])c([2H])c1[2H]. The zero-order chi connectivity index (χ0) is 48.8. The predicted molar refractivity (Wildman–Crippen MR) is 218 cm³/mol. The van der Waals surface area contributed by atoms with Crippen molar-refractivity contribution in [2.45, 2.75) is 0 Å². The average molecular weight is 667 g/mol. The van der Waals surface area contributed by atoms with Gasteiger partial charge in [0.15, 0.2) is 0 Å². The Bertz CT molecular complexity index is 3530.